The number of hydrogen-bond donors (Lipinski definition) is 3. The molecule has 0 aliphatic heterocycles. The van der Waals surface area contributed by atoms with Crippen molar-refractivity contribution in [2.75, 3.05) is 59.4 Å². The lowest BCUT2D eigenvalue weighted by Crippen LogP contribution is -2.29. The van der Waals surface area contributed by atoms with E-state index in [1.807, 2.05) is 13.8 Å². The molecule has 13 nitrogen and oxygen atoms in total. The summed E-state index contributed by atoms with van der Waals surface area (Å²) in [4.78, 5) is 70.1. The van der Waals surface area contributed by atoms with Gasteiger partial charge in [0.15, 0.2) is 11.6 Å². The molecule has 0 rings (SSSR count). The maximum absolute atomic E-state index is 12.4. The number of carbonyl (C=O) groups is 6. The highest BCUT2D eigenvalue weighted by atomic mass is 16.5. The van der Waals surface area contributed by atoms with Crippen LogP contribution in [-0.2, 0) is 47.7 Å². The minimum atomic E-state index is -1.06. The van der Waals surface area contributed by atoms with Crippen molar-refractivity contribution in [3.63, 3.8) is 0 Å². The van der Waals surface area contributed by atoms with Gasteiger partial charge in [0, 0.05) is 51.2 Å². The van der Waals surface area contributed by atoms with Crippen LogP contribution in [0.15, 0.2) is 0 Å². The second-order valence-corrected chi connectivity index (χ2v) is 14.1. The highest BCUT2D eigenvalue weighted by molar-refractivity contribution is 5.84. The molecule has 308 valence electrons. The number of aliphatic carboxylic acids is 2. The third kappa shape index (κ3) is 36.0. The SMILES string of the molecule is CC(C)C(=O)COCCOCCCC(=O)COCCOCCNC(=O)CC[C@H](CC(=O)CCCCCCCCCCCCCCCCC(=O)O)C(=O)O. The van der Waals surface area contributed by atoms with Crippen molar-refractivity contribution < 1.29 is 57.9 Å². The summed E-state index contributed by atoms with van der Waals surface area (Å²) in [5, 5.41) is 20.9. The fourth-order valence-corrected chi connectivity index (χ4v) is 5.47. The molecule has 0 aromatic carbocycles. The smallest absolute Gasteiger partial charge is 0.306 e. The molecule has 0 aliphatic carbocycles. The van der Waals surface area contributed by atoms with E-state index < -0.39 is 17.9 Å². The molecule has 0 heterocycles. The number of ether oxygens (including phenoxy) is 4. The first-order valence-corrected chi connectivity index (χ1v) is 20.1. The third-order valence-corrected chi connectivity index (χ3v) is 8.85. The number of carboxylic acid groups (broad SMARTS) is 2. The number of carbonyl (C=O) groups excluding carboxylic acids is 4. The number of hydrogen-bond acceptors (Lipinski definition) is 10. The summed E-state index contributed by atoms with van der Waals surface area (Å²) in [6.07, 6.45) is 17.0. The van der Waals surface area contributed by atoms with E-state index in [0.29, 0.717) is 39.1 Å². The number of rotatable bonds is 41. The van der Waals surface area contributed by atoms with Crippen LogP contribution in [0.4, 0.5) is 0 Å². The van der Waals surface area contributed by atoms with Gasteiger partial charge in [-0.25, -0.2) is 0 Å². The molecule has 0 saturated carbocycles. The normalized spacial score (nSPS) is 11.8. The fourth-order valence-electron chi connectivity index (χ4n) is 5.47. The van der Waals surface area contributed by atoms with Gasteiger partial charge >= 0.3 is 11.9 Å². The van der Waals surface area contributed by atoms with E-state index in [-0.39, 0.29) is 94.4 Å². The lowest BCUT2D eigenvalue weighted by Gasteiger charge is -2.12. The number of ketones is 3. The predicted molar refractivity (Wildman–Crippen MR) is 202 cm³/mol. The Morgan fingerprint density at radius 1 is 0.509 bits per heavy atom. The van der Waals surface area contributed by atoms with E-state index in [1.54, 1.807) is 0 Å². The summed E-state index contributed by atoms with van der Waals surface area (Å²) in [7, 11) is 0. The molecular formula is C40H71NO12. The van der Waals surface area contributed by atoms with Crippen LogP contribution in [0.1, 0.15) is 149 Å². The second kappa shape index (κ2) is 36.2. The first kappa shape index (κ1) is 50.3. The quantitative estimate of drug-likeness (QED) is 0.0574. The molecule has 0 aromatic heterocycles. The van der Waals surface area contributed by atoms with Crippen LogP contribution < -0.4 is 5.32 Å². The van der Waals surface area contributed by atoms with Crippen LogP contribution >= 0.6 is 0 Å². The first-order chi connectivity index (χ1) is 25.5. The molecule has 53 heavy (non-hydrogen) atoms. The molecule has 3 N–H and O–H groups in total. The zero-order valence-electron chi connectivity index (χ0n) is 32.8. The Kier molecular flexibility index (Phi) is 34.4. The van der Waals surface area contributed by atoms with E-state index >= 15 is 0 Å². The molecule has 0 unspecified atom stereocenters. The summed E-state index contributed by atoms with van der Waals surface area (Å²) in [5.74, 6) is -3.04. The molecule has 0 bridgehead atoms. The Labute approximate surface area is 318 Å². The van der Waals surface area contributed by atoms with Gasteiger partial charge in [0.05, 0.1) is 39.0 Å². The summed E-state index contributed by atoms with van der Waals surface area (Å²) >= 11 is 0. The number of nitrogens with one attached hydrogen (secondary N) is 1. The maximum Gasteiger partial charge on any atom is 0.306 e. The van der Waals surface area contributed by atoms with Crippen molar-refractivity contribution in [3.05, 3.63) is 0 Å². The van der Waals surface area contributed by atoms with Gasteiger partial charge in [-0.2, -0.15) is 0 Å². The lowest BCUT2D eigenvalue weighted by molar-refractivity contribution is -0.144. The zero-order valence-corrected chi connectivity index (χ0v) is 32.8. The van der Waals surface area contributed by atoms with Crippen molar-refractivity contribution >= 4 is 35.2 Å². The zero-order chi connectivity index (χ0) is 39.4. The Morgan fingerprint density at radius 3 is 1.51 bits per heavy atom. The Balaban J connectivity index is 3.66. The van der Waals surface area contributed by atoms with Crippen molar-refractivity contribution in [1.82, 2.24) is 5.32 Å². The van der Waals surface area contributed by atoms with Gasteiger partial charge in [0.25, 0.3) is 0 Å². The minimum Gasteiger partial charge on any atom is -0.481 e. The van der Waals surface area contributed by atoms with Gasteiger partial charge in [-0.05, 0) is 25.7 Å². The van der Waals surface area contributed by atoms with E-state index in [2.05, 4.69) is 5.32 Å². The topological polar surface area (TPSA) is 192 Å². The standard InChI is InChI=1S/C40H71NO12/c1-33(2)37(44)32-53-29-26-50-24-17-19-36(43)31-52-28-27-51-25-23-41-38(45)22-21-34(40(48)49)30-35(42)18-15-13-11-9-7-5-3-4-6-8-10-12-14-16-20-39(46)47/h33-34H,3-32H2,1-2H3,(H,41,45)(H,46,47)(H,48,49)/t34-/m1/s1. The fraction of sp³-hybridized carbons (Fsp3) is 0.850. The van der Waals surface area contributed by atoms with E-state index in [4.69, 9.17) is 24.1 Å². The summed E-state index contributed by atoms with van der Waals surface area (Å²) in [6, 6.07) is 0. The molecule has 0 spiro atoms. The van der Waals surface area contributed by atoms with Gasteiger partial charge in [-0.3, -0.25) is 28.8 Å². The Hall–Kier alpha value is -2.74. The van der Waals surface area contributed by atoms with Crippen molar-refractivity contribution in [2.24, 2.45) is 11.8 Å². The molecule has 13 heteroatoms. The minimum absolute atomic E-state index is 0.0161. The first-order valence-electron chi connectivity index (χ1n) is 20.1. The van der Waals surface area contributed by atoms with Gasteiger partial charge in [-0.15, -0.1) is 0 Å². The van der Waals surface area contributed by atoms with Crippen molar-refractivity contribution in [2.45, 2.75) is 149 Å². The number of unbranched alkanes of at least 4 members (excludes halogenated alkanes) is 13. The molecule has 0 aromatic rings. The molecule has 0 saturated heterocycles. The molecule has 0 fully saturated rings. The van der Waals surface area contributed by atoms with Crippen LogP contribution in [0.25, 0.3) is 0 Å². The highest BCUT2D eigenvalue weighted by Gasteiger charge is 2.22. The summed E-state index contributed by atoms with van der Waals surface area (Å²) < 4.78 is 21.4. The van der Waals surface area contributed by atoms with E-state index in [0.717, 1.165) is 44.9 Å². The Bertz CT molecular complexity index is 987. The van der Waals surface area contributed by atoms with Crippen LogP contribution in [0, 0.1) is 11.8 Å². The molecule has 0 aliphatic rings. The van der Waals surface area contributed by atoms with E-state index in [1.165, 1.54) is 44.9 Å². The van der Waals surface area contributed by atoms with Crippen LogP contribution in [0.2, 0.25) is 0 Å². The van der Waals surface area contributed by atoms with Crippen molar-refractivity contribution in [3.8, 4) is 0 Å². The predicted octanol–water partition coefficient (Wildman–Crippen LogP) is 6.51. The average Bonchev–Trinajstić information content (AvgIpc) is 3.11. The monoisotopic (exact) mass is 757 g/mol. The molecule has 1 amide bonds. The van der Waals surface area contributed by atoms with E-state index in [9.17, 15) is 33.9 Å². The number of Topliss-reactive ketones (excluding diaryl/α,β-unsaturated/α-hetero) is 3. The van der Waals surface area contributed by atoms with Gasteiger partial charge in [0.1, 0.15) is 19.0 Å². The summed E-state index contributed by atoms with van der Waals surface area (Å²) in [6.45, 7) is 5.84. The van der Waals surface area contributed by atoms with Crippen LogP contribution in [0.3, 0.4) is 0 Å². The van der Waals surface area contributed by atoms with Gasteiger partial charge in [0.2, 0.25) is 5.91 Å². The molecular weight excluding hydrogens is 686 g/mol. The second-order valence-electron chi connectivity index (χ2n) is 14.1. The average molecular weight is 758 g/mol. The Morgan fingerprint density at radius 2 is 0.981 bits per heavy atom. The number of carboxylic acids is 2. The van der Waals surface area contributed by atoms with Crippen LogP contribution in [-0.4, -0.2) is 105 Å². The number of amides is 1. The largest absolute Gasteiger partial charge is 0.481 e. The lowest BCUT2D eigenvalue weighted by atomic mass is 9.94. The molecule has 0 radical (unpaired) electrons. The maximum atomic E-state index is 12.4. The highest BCUT2D eigenvalue weighted by Crippen LogP contribution is 2.17. The third-order valence-electron chi connectivity index (χ3n) is 8.85. The van der Waals surface area contributed by atoms with Gasteiger partial charge in [-0.1, -0.05) is 90.9 Å². The summed E-state index contributed by atoms with van der Waals surface area (Å²) in [5.41, 5.74) is 0. The molecule has 1 atom stereocenters. The van der Waals surface area contributed by atoms with Gasteiger partial charge < -0.3 is 34.5 Å². The van der Waals surface area contributed by atoms with Crippen molar-refractivity contribution in [1.29, 1.82) is 0 Å². The van der Waals surface area contributed by atoms with Crippen LogP contribution in [0.5, 0.6) is 0 Å².